The summed E-state index contributed by atoms with van der Waals surface area (Å²) < 4.78 is 0. The number of carbonyl (C=O) groups is 2. The van der Waals surface area contributed by atoms with Crippen molar-refractivity contribution in [2.24, 2.45) is 0 Å². The molecule has 1 aliphatic rings. The first-order chi connectivity index (χ1) is 13.8. The predicted octanol–water partition coefficient (Wildman–Crippen LogP) is 5.16. The van der Waals surface area contributed by atoms with Crippen LogP contribution in [0.4, 0.5) is 0 Å². The zero-order chi connectivity index (χ0) is 21.0. The van der Waals surface area contributed by atoms with Crippen LogP contribution in [-0.4, -0.2) is 35.0 Å². The summed E-state index contributed by atoms with van der Waals surface area (Å²) in [6.45, 7) is 7.64. The molecule has 29 heavy (non-hydrogen) atoms. The van der Waals surface area contributed by atoms with Gasteiger partial charge in [-0.05, 0) is 60.4 Å². The molecule has 0 spiro atoms. The molecule has 1 aliphatic heterocycles. The van der Waals surface area contributed by atoms with Crippen molar-refractivity contribution in [3.8, 4) is 0 Å². The second-order valence-corrected chi connectivity index (χ2v) is 8.45. The normalized spacial score (nSPS) is 16.8. The lowest BCUT2D eigenvalue weighted by Gasteiger charge is -2.33. The lowest BCUT2D eigenvalue weighted by Crippen LogP contribution is -2.39. The van der Waals surface area contributed by atoms with E-state index in [2.05, 4.69) is 38.1 Å². The Morgan fingerprint density at radius 3 is 2.52 bits per heavy atom. The Morgan fingerprint density at radius 1 is 1.14 bits per heavy atom. The summed E-state index contributed by atoms with van der Waals surface area (Å²) in [4.78, 5) is 26.2. The lowest BCUT2D eigenvalue weighted by atomic mass is 9.88. The average molecular weight is 394 g/mol. The van der Waals surface area contributed by atoms with Crippen molar-refractivity contribution in [2.45, 2.75) is 58.3 Å². The summed E-state index contributed by atoms with van der Waals surface area (Å²) >= 11 is 0. The minimum absolute atomic E-state index is 0.188. The van der Waals surface area contributed by atoms with E-state index >= 15 is 0 Å². The van der Waals surface area contributed by atoms with Crippen LogP contribution < -0.4 is 0 Å². The molecule has 1 heterocycles. The quantitative estimate of drug-likeness (QED) is 0.738. The Kier molecular flexibility index (Phi) is 6.73. The Balaban J connectivity index is 1.60. The van der Waals surface area contributed by atoms with Gasteiger partial charge in [0.25, 0.3) is 0 Å². The highest BCUT2D eigenvalue weighted by Gasteiger charge is 2.25. The number of nitrogens with zero attached hydrogens (tertiary/aromatic N) is 1. The summed E-state index contributed by atoms with van der Waals surface area (Å²) in [6, 6.07) is 14.2. The van der Waals surface area contributed by atoms with E-state index in [1.165, 1.54) is 11.1 Å². The number of hydrogen-bond acceptors (Lipinski definition) is 2. The standard InChI is InChI=1S/C25H31NO3/c1-17(2)20-11-7-19(8-12-20)9-13-24(27)26-14-4-5-22(16-26)21-10-6-18(3)23(15-21)25(28)29/h6-8,10-12,15,17,22H,4-5,9,13-14,16H2,1-3H3,(H,28,29). The second kappa shape index (κ2) is 9.25. The fraction of sp³-hybridized carbons (Fsp3) is 0.440. The first-order valence-corrected chi connectivity index (χ1v) is 10.6. The maximum atomic E-state index is 12.8. The number of aryl methyl sites for hydroxylation is 2. The van der Waals surface area contributed by atoms with Gasteiger partial charge in [-0.1, -0.05) is 50.2 Å². The van der Waals surface area contributed by atoms with Crippen LogP contribution in [0.2, 0.25) is 0 Å². The van der Waals surface area contributed by atoms with Crippen LogP contribution >= 0.6 is 0 Å². The minimum atomic E-state index is -0.892. The van der Waals surface area contributed by atoms with Gasteiger partial charge < -0.3 is 10.0 Å². The first-order valence-electron chi connectivity index (χ1n) is 10.6. The zero-order valence-corrected chi connectivity index (χ0v) is 17.6. The molecule has 0 aliphatic carbocycles. The Hall–Kier alpha value is -2.62. The summed E-state index contributed by atoms with van der Waals surface area (Å²) in [5.41, 5.74) is 4.66. The van der Waals surface area contributed by atoms with E-state index in [0.29, 0.717) is 24.4 Å². The van der Waals surface area contributed by atoms with Crippen molar-refractivity contribution >= 4 is 11.9 Å². The molecule has 1 N–H and O–H groups in total. The fourth-order valence-corrected chi connectivity index (χ4v) is 4.08. The van der Waals surface area contributed by atoms with Gasteiger partial charge in [0.05, 0.1) is 5.56 Å². The van der Waals surface area contributed by atoms with Crippen molar-refractivity contribution in [1.82, 2.24) is 4.90 Å². The molecule has 0 saturated carbocycles. The number of carbonyl (C=O) groups excluding carboxylic acids is 1. The number of benzene rings is 2. The van der Waals surface area contributed by atoms with Crippen molar-refractivity contribution < 1.29 is 14.7 Å². The molecule has 4 heteroatoms. The molecular formula is C25H31NO3. The van der Waals surface area contributed by atoms with Crippen molar-refractivity contribution in [2.75, 3.05) is 13.1 Å². The third-order valence-electron chi connectivity index (χ3n) is 6.01. The van der Waals surface area contributed by atoms with E-state index in [1.807, 2.05) is 24.0 Å². The molecule has 3 rings (SSSR count). The molecule has 1 unspecified atom stereocenters. The van der Waals surface area contributed by atoms with E-state index in [-0.39, 0.29) is 11.8 Å². The van der Waals surface area contributed by atoms with Crippen LogP contribution in [0.25, 0.3) is 0 Å². The Bertz CT molecular complexity index is 870. The molecule has 1 atom stereocenters. The fourth-order valence-electron chi connectivity index (χ4n) is 4.08. The van der Waals surface area contributed by atoms with Crippen molar-refractivity contribution in [1.29, 1.82) is 0 Å². The maximum absolute atomic E-state index is 12.8. The van der Waals surface area contributed by atoms with Gasteiger partial charge in [0.2, 0.25) is 5.91 Å². The summed E-state index contributed by atoms with van der Waals surface area (Å²) in [6.07, 6.45) is 3.21. The van der Waals surface area contributed by atoms with Gasteiger partial charge in [-0.3, -0.25) is 4.79 Å². The topological polar surface area (TPSA) is 57.6 Å². The molecule has 1 saturated heterocycles. The average Bonchev–Trinajstić information content (AvgIpc) is 2.72. The number of rotatable bonds is 6. The SMILES string of the molecule is Cc1ccc(C2CCCN(C(=O)CCc3ccc(C(C)C)cc3)C2)cc1C(=O)O. The van der Waals surface area contributed by atoms with Gasteiger partial charge in [0, 0.05) is 25.4 Å². The van der Waals surface area contributed by atoms with Gasteiger partial charge >= 0.3 is 5.97 Å². The number of piperidine rings is 1. The first kappa shape index (κ1) is 21.1. The van der Waals surface area contributed by atoms with Crippen LogP contribution in [0.15, 0.2) is 42.5 Å². The van der Waals surface area contributed by atoms with Gasteiger partial charge in [-0.25, -0.2) is 4.79 Å². The number of carboxylic acids is 1. The van der Waals surface area contributed by atoms with Gasteiger partial charge in [0.1, 0.15) is 0 Å². The van der Waals surface area contributed by atoms with Crippen LogP contribution in [-0.2, 0) is 11.2 Å². The van der Waals surface area contributed by atoms with Crippen molar-refractivity contribution in [3.63, 3.8) is 0 Å². The molecule has 4 nitrogen and oxygen atoms in total. The Morgan fingerprint density at radius 2 is 1.86 bits per heavy atom. The lowest BCUT2D eigenvalue weighted by molar-refractivity contribution is -0.132. The zero-order valence-electron chi connectivity index (χ0n) is 17.6. The van der Waals surface area contributed by atoms with Crippen LogP contribution in [0.3, 0.4) is 0 Å². The minimum Gasteiger partial charge on any atom is -0.478 e. The number of amides is 1. The third-order valence-corrected chi connectivity index (χ3v) is 6.01. The molecule has 0 aromatic heterocycles. The molecule has 2 aromatic rings. The predicted molar refractivity (Wildman–Crippen MR) is 116 cm³/mol. The number of hydrogen-bond donors (Lipinski definition) is 1. The monoisotopic (exact) mass is 393 g/mol. The number of aromatic carboxylic acids is 1. The summed E-state index contributed by atoms with van der Waals surface area (Å²) in [5.74, 6) is 0.0147. The van der Waals surface area contributed by atoms with Gasteiger partial charge in [-0.15, -0.1) is 0 Å². The van der Waals surface area contributed by atoms with Gasteiger partial charge in [0.15, 0.2) is 0 Å². The highest BCUT2D eigenvalue weighted by molar-refractivity contribution is 5.89. The molecule has 1 fully saturated rings. The van der Waals surface area contributed by atoms with E-state index in [9.17, 15) is 14.7 Å². The van der Waals surface area contributed by atoms with Crippen LogP contribution in [0, 0.1) is 6.92 Å². The highest BCUT2D eigenvalue weighted by Crippen LogP contribution is 2.29. The maximum Gasteiger partial charge on any atom is 0.335 e. The molecule has 0 bridgehead atoms. The smallest absolute Gasteiger partial charge is 0.335 e. The van der Waals surface area contributed by atoms with Crippen LogP contribution in [0.5, 0.6) is 0 Å². The third kappa shape index (κ3) is 5.26. The molecule has 154 valence electrons. The van der Waals surface area contributed by atoms with E-state index in [1.54, 1.807) is 6.07 Å². The Labute approximate surface area is 173 Å². The number of carboxylic acid groups (broad SMARTS) is 1. The highest BCUT2D eigenvalue weighted by atomic mass is 16.4. The van der Waals surface area contributed by atoms with E-state index in [4.69, 9.17) is 0 Å². The summed E-state index contributed by atoms with van der Waals surface area (Å²) in [5, 5.41) is 9.39. The summed E-state index contributed by atoms with van der Waals surface area (Å²) in [7, 11) is 0. The molecular weight excluding hydrogens is 362 g/mol. The molecule has 1 amide bonds. The van der Waals surface area contributed by atoms with E-state index in [0.717, 1.165) is 36.9 Å². The van der Waals surface area contributed by atoms with Crippen LogP contribution in [0.1, 0.15) is 77.6 Å². The van der Waals surface area contributed by atoms with E-state index < -0.39 is 5.97 Å². The van der Waals surface area contributed by atoms with Crippen molar-refractivity contribution in [3.05, 3.63) is 70.3 Å². The second-order valence-electron chi connectivity index (χ2n) is 8.45. The molecule has 0 radical (unpaired) electrons. The van der Waals surface area contributed by atoms with Gasteiger partial charge in [-0.2, -0.15) is 0 Å². The largest absolute Gasteiger partial charge is 0.478 e. The molecule has 2 aromatic carbocycles. The number of likely N-dealkylation sites (tertiary alicyclic amines) is 1.